The zero-order valence-electron chi connectivity index (χ0n) is 14.9. The van der Waals surface area contributed by atoms with Crippen LogP contribution in [0.3, 0.4) is 0 Å². The van der Waals surface area contributed by atoms with Gasteiger partial charge in [-0.25, -0.2) is 0 Å². The van der Waals surface area contributed by atoms with Crippen molar-refractivity contribution in [2.24, 2.45) is 7.05 Å². The van der Waals surface area contributed by atoms with Gasteiger partial charge in [0.2, 0.25) is 5.88 Å². The average Bonchev–Trinajstić information content (AvgIpc) is 3.12. The molecule has 0 spiro atoms. The van der Waals surface area contributed by atoms with E-state index in [9.17, 15) is 5.11 Å². The number of benzene rings is 2. The van der Waals surface area contributed by atoms with E-state index in [-0.39, 0.29) is 5.88 Å². The largest absolute Gasteiger partial charge is 0.497 e. The van der Waals surface area contributed by atoms with E-state index in [1.54, 1.807) is 7.11 Å². The number of aryl methyl sites for hydroxylation is 1. The second-order valence-electron chi connectivity index (χ2n) is 6.80. The highest BCUT2D eigenvalue weighted by molar-refractivity contribution is 5.91. The summed E-state index contributed by atoms with van der Waals surface area (Å²) < 4.78 is 9.33. The van der Waals surface area contributed by atoms with Gasteiger partial charge in [0.25, 0.3) is 0 Å². The molecular weight excluding hydrogens is 312 g/mol. The minimum Gasteiger partial charge on any atom is -0.497 e. The standard InChI is InChI=1S/C21H22N2O2/c1-13(2)20-10-15-9-16(6-8-19(15)22(20)3)23-12-14-5-7-17(25-4)11-18(14)21(23)24/h5-13,24H,1-4H3. The first-order chi connectivity index (χ1) is 12.0. The smallest absolute Gasteiger partial charge is 0.203 e. The molecule has 0 saturated heterocycles. The van der Waals surface area contributed by atoms with Crippen molar-refractivity contribution in [3.63, 3.8) is 0 Å². The highest BCUT2D eigenvalue weighted by Crippen LogP contribution is 2.34. The van der Waals surface area contributed by atoms with Gasteiger partial charge >= 0.3 is 0 Å². The van der Waals surface area contributed by atoms with Crippen LogP contribution in [0.15, 0.2) is 48.7 Å². The fraction of sp³-hybridized carbons (Fsp3) is 0.238. The second-order valence-corrected chi connectivity index (χ2v) is 6.80. The second kappa shape index (κ2) is 5.59. The fourth-order valence-corrected chi connectivity index (χ4v) is 3.56. The summed E-state index contributed by atoms with van der Waals surface area (Å²) in [4.78, 5) is 0. The van der Waals surface area contributed by atoms with Gasteiger partial charge in [0.05, 0.1) is 7.11 Å². The number of methoxy groups -OCH3 is 1. The first kappa shape index (κ1) is 15.6. The molecule has 4 aromatic rings. The molecule has 0 atom stereocenters. The minimum absolute atomic E-state index is 0.230. The van der Waals surface area contributed by atoms with Crippen LogP contribution < -0.4 is 4.74 Å². The number of fused-ring (bicyclic) bond motifs is 2. The highest BCUT2D eigenvalue weighted by Gasteiger charge is 2.13. The first-order valence-electron chi connectivity index (χ1n) is 8.47. The van der Waals surface area contributed by atoms with Crippen molar-refractivity contribution in [1.29, 1.82) is 0 Å². The molecular formula is C21H22N2O2. The van der Waals surface area contributed by atoms with Gasteiger partial charge in [-0.15, -0.1) is 0 Å². The molecule has 0 aliphatic carbocycles. The summed E-state index contributed by atoms with van der Waals surface area (Å²) in [6.45, 7) is 4.40. The SMILES string of the molecule is COc1ccc2cn(-c3ccc4c(c3)cc(C(C)C)n4C)c(O)c2c1. The van der Waals surface area contributed by atoms with Crippen molar-refractivity contribution in [2.75, 3.05) is 7.11 Å². The summed E-state index contributed by atoms with van der Waals surface area (Å²) in [5, 5.41) is 13.6. The van der Waals surface area contributed by atoms with Crippen LogP contribution >= 0.6 is 0 Å². The number of aromatic nitrogens is 2. The molecule has 2 aromatic heterocycles. The number of hydrogen-bond acceptors (Lipinski definition) is 2. The summed E-state index contributed by atoms with van der Waals surface area (Å²) in [6, 6.07) is 14.2. The molecule has 0 unspecified atom stereocenters. The molecule has 4 heteroatoms. The lowest BCUT2D eigenvalue weighted by molar-refractivity contribution is 0.414. The monoisotopic (exact) mass is 334 g/mol. The molecule has 0 aliphatic heterocycles. The highest BCUT2D eigenvalue weighted by atomic mass is 16.5. The van der Waals surface area contributed by atoms with Crippen LogP contribution in [0, 0.1) is 0 Å². The summed E-state index contributed by atoms with van der Waals surface area (Å²) in [5.41, 5.74) is 3.45. The van der Waals surface area contributed by atoms with Crippen molar-refractivity contribution in [3.8, 4) is 17.3 Å². The van der Waals surface area contributed by atoms with Crippen molar-refractivity contribution >= 4 is 21.7 Å². The molecule has 0 bridgehead atoms. The lowest BCUT2D eigenvalue weighted by atomic mass is 10.1. The number of aromatic hydroxyl groups is 1. The summed E-state index contributed by atoms with van der Waals surface area (Å²) in [5.74, 6) is 1.43. The van der Waals surface area contributed by atoms with E-state index in [2.05, 4.69) is 43.7 Å². The molecule has 0 saturated carbocycles. The van der Waals surface area contributed by atoms with Crippen LogP contribution in [0.2, 0.25) is 0 Å². The number of nitrogens with zero attached hydrogens (tertiary/aromatic N) is 2. The Kier molecular flexibility index (Phi) is 3.49. The van der Waals surface area contributed by atoms with E-state index < -0.39 is 0 Å². The predicted molar refractivity (Wildman–Crippen MR) is 102 cm³/mol. The van der Waals surface area contributed by atoms with Gasteiger partial charge in [-0.1, -0.05) is 13.8 Å². The van der Waals surface area contributed by atoms with Gasteiger partial charge in [-0.3, -0.25) is 4.57 Å². The molecule has 4 nitrogen and oxygen atoms in total. The van der Waals surface area contributed by atoms with Crippen LogP contribution in [0.5, 0.6) is 11.6 Å². The Hall–Kier alpha value is -2.88. The summed E-state index contributed by atoms with van der Waals surface area (Å²) >= 11 is 0. The quantitative estimate of drug-likeness (QED) is 0.575. The summed E-state index contributed by atoms with van der Waals surface area (Å²) in [7, 11) is 3.73. The average molecular weight is 334 g/mol. The molecule has 2 aromatic carbocycles. The Morgan fingerprint density at radius 2 is 1.80 bits per heavy atom. The molecule has 4 rings (SSSR count). The van der Waals surface area contributed by atoms with Gasteiger partial charge in [0, 0.05) is 46.3 Å². The lowest BCUT2D eigenvalue weighted by Gasteiger charge is -2.07. The number of hydrogen-bond donors (Lipinski definition) is 1. The maximum absolute atomic E-state index is 10.7. The molecule has 0 fully saturated rings. The normalized spacial score (nSPS) is 11.7. The molecule has 128 valence electrons. The van der Waals surface area contributed by atoms with Gasteiger partial charge in [0.1, 0.15) is 5.75 Å². The van der Waals surface area contributed by atoms with E-state index in [1.807, 2.05) is 35.0 Å². The molecule has 25 heavy (non-hydrogen) atoms. The maximum atomic E-state index is 10.7. The number of ether oxygens (including phenoxy) is 1. The van der Waals surface area contributed by atoms with Crippen LogP contribution in [0.25, 0.3) is 27.4 Å². The first-order valence-corrected chi connectivity index (χ1v) is 8.47. The minimum atomic E-state index is 0.230. The molecule has 0 aliphatic rings. The third-order valence-corrected chi connectivity index (χ3v) is 4.93. The molecule has 1 N–H and O–H groups in total. The van der Waals surface area contributed by atoms with E-state index in [4.69, 9.17) is 4.74 Å². The Morgan fingerprint density at radius 1 is 1.00 bits per heavy atom. The van der Waals surface area contributed by atoms with Gasteiger partial charge in [-0.2, -0.15) is 0 Å². The van der Waals surface area contributed by atoms with Gasteiger partial charge < -0.3 is 14.4 Å². The molecule has 2 heterocycles. The van der Waals surface area contributed by atoms with Gasteiger partial charge in [-0.05, 0) is 48.4 Å². The van der Waals surface area contributed by atoms with Crippen LogP contribution in [0.1, 0.15) is 25.5 Å². The summed E-state index contributed by atoms with van der Waals surface area (Å²) in [6.07, 6.45) is 1.96. The van der Waals surface area contributed by atoms with Crippen molar-refractivity contribution < 1.29 is 9.84 Å². The van der Waals surface area contributed by atoms with E-state index >= 15 is 0 Å². The molecule has 0 amide bonds. The lowest BCUT2D eigenvalue weighted by Crippen LogP contribution is -1.97. The Bertz CT molecular complexity index is 1090. The van der Waals surface area contributed by atoms with Crippen molar-refractivity contribution in [1.82, 2.24) is 9.13 Å². The van der Waals surface area contributed by atoms with Crippen molar-refractivity contribution in [3.05, 3.63) is 54.4 Å². The predicted octanol–water partition coefficient (Wildman–Crippen LogP) is 4.96. The topological polar surface area (TPSA) is 39.3 Å². The Balaban J connectivity index is 1.89. The van der Waals surface area contributed by atoms with Crippen LogP contribution in [0.4, 0.5) is 0 Å². The van der Waals surface area contributed by atoms with E-state index in [0.29, 0.717) is 5.92 Å². The van der Waals surface area contributed by atoms with Crippen LogP contribution in [-0.4, -0.2) is 21.4 Å². The molecule has 0 radical (unpaired) electrons. The van der Waals surface area contributed by atoms with E-state index in [0.717, 1.165) is 22.2 Å². The van der Waals surface area contributed by atoms with Crippen molar-refractivity contribution in [2.45, 2.75) is 19.8 Å². The zero-order chi connectivity index (χ0) is 17.7. The van der Waals surface area contributed by atoms with Crippen LogP contribution in [-0.2, 0) is 7.05 Å². The zero-order valence-corrected chi connectivity index (χ0v) is 14.9. The number of rotatable bonds is 3. The third-order valence-electron chi connectivity index (χ3n) is 4.93. The Morgan fingerprint density at radius 3 is 2.52 bits per heavy atom. The maximum Gasteiger partial charge on any atom is 0.203 e. The van der Waals surface area contributed by atoms with Gasteiger partial charge in [0.15, 0.2) is 0 Å². The third kappa shape index (κ3) is 2.37. The van der Waals surface area contributed by atoms with E-state index in [1.165, 1.54) is 16.6 Å². The fourth-order valence-electron chi connectivity index (χ4n) is 3.56. The Labute approximate surface area is 146 Å².